The van der Waals surface area contributed by atoms with Crippen LogP contribution in [0.25, 0.3) is 0 Å². The first-order valence-corrected chi connectivity index (χ1v) is 9.48. The molecule has 0 aromatic carbocycles. The summed E-state index contributed by atoms with van der Waals surface area (Å²) in [7, 11) is 0. The van der Waals surface area contributed by atoms with Gasteiger partial charge in [-0.25, -0.2) is 4.68 Å². The molecule has 0 radical (unpaired) electrons. The maximum absolute atomic E-state index is 12.4. The average molecular weight is 356 g/mol. The van der Waals surface area contributed by atoms with Gasteiger partial charge in [0, 0.05) is 19.0 Å². The number of carbonyl (C=O) groups is 3. The fourth-order valence-corrected chi connectivity index (χ4v) is 4.36. The Bertz CT molecular complexity index is 722. The molecule has 3 aliphatic rings. The third-order valence-electron chi connectivity index (χ3n) is 5.77. The number of fused-ring (bicyclic) bond motifs is 1. The van der Waals surface area contributed by atoms with Gasteiger partial charge in [0.2, 0.25) is 17.7 Å². The van der Waals surface area contributed by atoms with Crippen LogP contribution in [0.5, 0.6) is 0 Å². The number of nitrogens with one attached hydrogen (secondary N) is 1. The standard InChI is InChI=1S/C19H24N4O3/c24-17(21-16-9-11-20-23(16)13-5-1-2-6-13)10-12-22-18(25)14-7-3-4-8-15(14)19(22)26/h3-4,9,11,13-15H,1-2,5-8,10,12H2,(H,21,24)/t14-,15-/m1/s1. The third kappa shape index (κ3) is 3.06. The molecule has 26 heavy (non-hydrogen) atoms. The minimum atomic E-state index is -0.237. The molecule has 7 heteroatoms. The summed E-state index contributed by atoms with van der Waals surface area (Å²) in [5.41, 5.74) is 0. The van der Waals surface area contributed by atoms with E-state index in [1.54, 1.807) is 12.3 Å². The normalized spacial score (nSPS) is 25.8. The Hall–Kier alpha value is -2.44. The van der Waals surface area contributed by atoms with Gasteiger partial charge in [0.05, 0.1) is 24.1 Å². The predicted molar refractivity (Wildman–Crippen MR) is 95.1 cm³/mol. The molecule has 2 heterocycles. The Morgan fingerprint density at radius 3 is 2.42 bits per heavy atom. The van der Waals surface area contributed by atoms with E-state index in [2.05, 4.69) is 10.4 Å². The van der Waals surface area contributed by atoms with Gasteiger partial charge in [-0.05, 0) is 25.7 Å². The van der Waals surface area contributed by atoms with Crippen LogP contribution in [0.3, 0.4) is 0 Å². The topological polar surface area (TPSA) is 84.3 Å². The Morgan fingerprint density at radius 1 is 1.12 bits per heavy atom. The molecule has 1 aliphatic heterocycles. The molecule has 4 rings (SSSR count). The van der Waals surface area contributed by atoms with E-state index in [-0.39, 0.29) is 42.5 Å². The lowest BCUT2D eigenvalue weighted by atomic mass is 9.85. The van der Waals surface area contributed by atoms with Gasteiger partial charge < -0.3 is 5.32 Å². The molecule has 0 unspecified atom stereocenters. The second-order valence-electron chi connectivity index (χ2n) is 7.38. The number of aromatic nitrogens is 2. The smallest absolute Gasteiger partial charge is 0.233 e. The molecule has 3 amide bonds. The molecule has 138 valence electrons. The average Bonchev–Trinajstić information content (AvgIpc) is 3.36. The van der Waals surface area contributed by atoms with Gasteiger partial charge in [-0.1, -0.05) is 25.0 Å². The fraction of sp³-hybridized carbons (Fsp3) is 0.579. The highest BCUT2D eigenvalue weighted by Gasteiger charge is 2.46. The highest BCUT2D eigenvalue weighted by molar-refractivity contribution is 6.05. The highest BCUT2D eigenvalue weighted by atomic mass is 16.2. The molecule has 2 atom stereocenters. The second kappa shape index (κ2) is 7.05. The fourth-order valence-electron chi connectivity index (χ4n) is 4.36. The van der Waals surface area contributed by atoms with Gasteiger partial charge in [-0.3, -0.25) is 19.3 Å². The Labute approximate surface area is 152 Å². The Morgan fingerprint density at radius 2 is 1.77 bits per heavy atom. The highest BCUT2D eigenvalue weighted by Crippen LogP contribution is 2.35. The number of likely N-dealkylation sites (tertiary alicyclic amines) is 1. The number of carbonyl (C=O) groups excluding carboxylic acids is 3. The number of amides is 3. The molecule has 0 spiro atoms. The number of hydrogen-bond donors (Lipinski definition) is 1. The Balaban J connectivity index is 1.34. The van der Waals surface area contributed by atoms with Crippen molar-refractivity contribution in [3.05, 3.63) is 24.4 Å². The van der Waals surface area contributed by atoms with Crippen molar-refractivity contribution in [1.29, 1.82) is 0 Å². The van der Waals surface area contributed by atoms with Crippen LogP contribution in [-0.4, -0.2) is 38.9 Å². The molecule has 1 saturated carbocycles. The van der Waals surface area contributed by atoms with Gasteiger partial charge in [0.1, 0.15) is 5.82 Å². The molecule has 1 N–H and O–H groups in total. The van der Waals surface area contributed by atoms with Crippen molar-refractivity contribution in [1.82, 2.24) is 14.7 Å². The van der Waals surface area contributed by atoms with E-state index < -0.39 is 0 Å². The molecule has 2 aliphatic carbocycles. The minimum Gasteiger partial charge on any atom is -0.311 e. The summed E-state index contributed by atoms with van der Waals surface area (Å²) >= 11 is 0. The first-order valence-electron chi connectivity index (χ1n) is 9.48. The van der Waals surface area contributed by atoms with E-state index in [1.165, 1.54) is 17.7 Å². The summed E-state index contributed by atoms with van der Waals surface area (Å²) in [6.07, 6.45) is 11.5. The zero-order valence-corrected chi connectivity index (χ0v) is 14.8. The molecular weight excluding hydrogens is 332 g/mol. The van der Waals surface area contributed by atoms with E-state index in [1.807, 2.05) is 16.8 Å². The molecule has 1 saturated heterocycles. The molecule has 1 aromatic heterocycles. The van der Waals surface area contributed by atoms with Crippen LogP contribution in [0.2, 0.25) is 0 Å². The SMILES string of the molecule is O=C(CCN1C(=O)[C@@H]2CC=CC[C@H]2C1=O)Nc1ccnn1C1CCCC1. The second-order valence-corrected chi connectivity index (χ2v) is 7.38. The minimum absolute atomic E-state index is 0.111. The van der Waals surface area contributed by atoms with Crippen LogP contribution in [0.1, 0.15) is 51.0 Å². The molecule has 7 nitrogen and oxygen atoms in total. The third-order valence-corrected chi connectivity index (χ3v) is 5.77. The first-order chi connectivity index (χ1) is 12.6. The molecule has 0 bridgehead atoms. The lowest BCUT2D eigenvalue weighted by Gasteiger charge is -2.16. The molecule has 2 fully saturated rings. The predicted octanol–water partition coefficient (Wildman–Crippen LogP) is 2.28. The largest absolute Gasteiger partial charge is 0.311 e. The van der Waals surface area contributed by atoms with E-state index in [0.29, 0.717) is 24.7 Å². The van der Waals surface area contributed by atoms with Crippen LogP contribution in [0, 0.1) is 11.8 Å². The Kier molecular flexibility index (Phi) is 4.61. The van der Waals surface area contributed by atoms with Crippen LogP contribution < -0.4 is 5.32 Å². The van der Waals surface area contributed by atoms with Crippen molar-refractivity contribution < 1.29 is 14.4 Å². The lowest BCUT2D eigenvalue weighted by Crippen LogP contribution is -2.34. The van der Waals surface area contributed by atoms with Crippen molar-refractivity contribution in [2.75, 3.05) is 11.9 Å². The van der Waals surface area contributed by atoms with Crippen LogP contribution in [-0.2, 0) is 14.4 Å². The molecular formula is C19H24N4O3. The van der Waals surface area contributed by atoms with E-state index in [4.69, 9.17) is 0 Å². The number of anilines is 1. The number of imide groups is 1. The van der Waals surface area contributed by atoms with Crippen molar-refractivity contribution in [2.24, 2.45) is 11.8 Å². The maximum atomic E-state index is 12.4. The van der Waals surface area contributed by atoms with Crippen molar-refractivity contribution in [3.8, 4) is 0 Å². The van der Waals surface area contributed by atoms with Gasteiger partial charge in [0.15, 0.2) is 0 Å². The van der Waals surface area contributed by atoms with Crippen LogP contribution >= 0.6 is 0 Å². The number of hydrogen-bond acceptors (Lipinski definition) is 4. The van der Waals surface area contributed by atoms with Crippen LogP contribution in [0.15, 0.2) is 24.4 Å². The summed E-state index contributed by atoms with van der Waals surface area (Å²) in [5.74, 6) is -0.239. The van der Waals surface area contributed by atoms with E-state index in [0.717, 1.165) is 12.8 Å². The van der Waals surface area contributed by atoms with Gasteiger partial charge >= 0.3 is 0 Å². The summed E-state index contributed by atoms with van der Waals surface area (Å²) in [4.78, 5) is 38.5. The number of nitrogens with zero attached hydrogens (tertiary/aromatic N) is 3. The number of rotatable bonds is 5. The monoisotopic (exact) mass is 356 g/mol. The van der Waals surface area contributed by atoms with Crippen molar-refractivity contribution in [3.63, 3.8) is 0 Å². The van der Waals surface area contributed by atoms with Gasteiger partial charge in [-0.2, -0.15) is 5.10 Å². The van der Waals surface area contributed by atoms with Gasteiger partial charge in [0.25, 0.3) is 0 Å². The van der Waals surface area contributed by atoms with Crippen LogP contribution in [0.4, 0.5) is 5.82 Å². The quantitative estimate of drug-likeness (QED) is 0.648. The molecule has 1 aromatic rings. The summed E-state index contributed by atoms with van der Waals surface area (Å²) in [6.45, 7) is 0.147. The summed E-state index contributed by atoms with van der Waals surface area (Å²) in [6, 6.07) is 2.14. The summed E-state index contributed by atoms with van der Waals surface area (Å²) < 4.78 is 1.89. The first kappa shape index (κ1) is 17.0. The van der Waals surface area contributed by atoms with Gasteiger partial charge in [-0.15, -0.1) is 0 Å². The lowest BCUT2D eigenvalue weighted by molar-refractivity contribution is -0.140. The zero-order chi connectivity index (χ0) is 18.1. The summed E-state index contributed by atoms with van der Waals surface area (Å²) in [5, 5.41) is 7.22. The van der Waals surface area contributed by atoms with E-state index >= 15 is 0 Å². The van der Waals surface area contributed by atoms with E-state index in [9.17, 15) is 14.4 Å². The van der Waals surface area contributed by atoms with Crippen molar-refractivity contribution >= 4 is 23.5 Å². The zero-order valence-electron chi connectivity index (χ0n) is 14.8. The van der Waals surface area contributed by atoms with Crippen molar-refractivity contribution in [2.45, 2.75) is 51.0 Å². The maximum Gasteiger partial charge on any atom is 0.233 e. The number of allylic oxidation sites excluding steroid dienone is 2.